The van der Waals surface area contributed by atoms with Gasteiger partial charge in [-0.3, -0.25) is 9.78 Å². The molecule has 0 radical (unpaired) electrons. The van der Waals surface area contributed by atoms with Crippen LogP contribution in [-0.4, -0.2) is 21.8 Å². The van der Waals surface area contributed by atoms with E-state index in [1.165, 1.54) is 12.1 Å². The first kappa shape index (κ1) is 20.8. The number of carbonyl (C=O) groups is 1. The fourth-order valence-corrected chi connectivity index (χ4v) is 4.99. The van der Waals surface area contributed by atoms with Crippen LogP contribution < -0.4 is 5.73 Å². The lowest BCUT2D eigenvalue weighted by Gasteiger charge is -2.28. The Labute approximate surface area is 178 Å². The van der Waals surface area contributed by atoms with Crippen LogP contribution in [0, 0.1) is 18.6 Å². The van der Waals surface area contributed by atoms with E-state index in [4.69, 9.17) is 5.73 Å². The van der Waals surface area contributed by atoms with Gasteiger partial charge in [0, 0.05) is 30.2 Å². The first-order valence-corrected chi connectivity index (χ1v) is 10.9. The lowest BCUT2D eigenvalue weighted by Crippen LogP contribution is -2.27. The van der Waals surface area contributed by atoms with E-state index in [-0.39, 0.29) is 34.5 Å². The van der Waals surface area contributed by atoms with Crippen molar-refractivity contribution in [1.82, 2.24) is 9.97 Å². The second-order valence-electron chi connectivity index (χ2n) is 7.89. The second kappa shape index (κ2) is 8.70. The molecule has 3 aromatic rings. The summed E-state index contributed by atoms with van der Waals surface area (Å²) in [5.41, 5.74) is 8.48. The molecule has 30 heavy (non-hydrogen) atoms. The molecule has 0 amide bonds. The number of pyridine rings is 1. The molecule has 0 aliphatic heterocycles. The lowest BCUT2D eigenvalue weighted by molar-refractivity contribution is 0.0988. The van der Waals surface area contributed by atoms with Crippen LogP contribution >= 0.6 is 11.3 Å². The number of aromatic nitrogens is 2. The van der Waals surface area contributed by atoms with Gasteiger partial charge in [0.25, 0.3) is 0 Å². The molecule has 0 spiro atoms. The molecule has 7 heteroatoms. The van der Waals surface area contributed by atoms with E-state index in [9.17, 15) is 13.6 Å². The molecule has 156 valence electrons. The SMILES string of the molecule is Cc1ccc(F)c(-c2nc(C(=O)Cc3cnccc3[C@@H]3CCC[C@H](N)C3)cs2)c1F. The molecule has 4 rings (SSSR count). The topological polar surface area (TPSA) is 68.9 Å². The Hall–Kier alpha value is -2.51. The van der Waals surface area contributed by atoms with Crippen LogP contribution in [0.3, 0.4) is 0 Å². The van der Waals surface area contributed by atoms with Gasteiger partial charge in [-0.1, -0.05) is 12.5 Å². The van der Waals surface area contributed by atoms with E-state index in [0.29, 0.717) is 11.5 Å². The number of nitrogens with zero attached hydrogens (tertiary/aromatic N) is 2. The van der Waals surface area contributed by atoms with E-state index in [1.54, 1.807) is 24.7 Å². The number of nitrogens with two attached hydrogens (primary N) is 1. The van der Waals surface area contributed by atoms with Crippen molar-refractivity contribution in [3.8, 4) is 10.6 Å². The zero-order chi connectivity index (χ0) is 21.3. The van der Waals surface area contributed by atoms with Gasteiger partial charge in [-0.05, 0) is 60.9 Å². The number of hydrogen-bond donors (Lipinski definition) is 1. The van der Waals surface area contributed by atoms with Gasteiger partial charge >= 0.3 is 0 Å². The molecule has 1 saturated carbocycles. The Morgan fingerprint density at radius 1 is 1.27 bits per heavy atom. The third-order valence-corrected chi connectivity index (χ3v) is 6.59. The molecule has 1 aliphatic carbocycles. The molecule has 2 atom stereocenters. The van der Waals surface area contributed by atoms with Crippen LogP contribution in [0.25, 0.3) is 10.6 Å². The summed E-state index contributed by atoms with van der Waals surface area (Å²) in [5.74, 6) is -1.21. The predicted molar refractivity (Wildman–Crippen MR) is 114 cm³/mol. The van der Waals surface area contributed by atoms with Crippen molar-refractivity contribution in [3.05, 3.63) is 70.0 Å². The highest BCUT2D eigenvalue weighted by Gasteiger charge is 2.24. The van der Waals surface area contributed by atoms with E-state index < -0.39 is 11.6 Å². The first-order valence-electron chi connectivity index (χ1n) is 10.1. The van der Waals surface area contributed by atoms with Gasteiger partial charge in [0.1, 0.15) is 22.3 Å². The first-order chi connectivity index (χ1) is 14.4. The molecule has 2 aromatic heterocycles. The summed E-state index contributed by atoms with van der Waals surface area (Å²) in [4.78, 5) is 21.3. The fraction of sp³-hybridized carbons (Fsp3) is 0.348. The molecular weight excluding hydrogens is 404 g/mol. The zero-order valence-electron chi connectivity index (χ0n) is 16.7. The number of halogens is 2. The average molecular weight is 428 g/mol. The number of thiazole rings is 1. The molecule has 2 N–H and O–H groups in total. The van der Waals surface area contributed by atoms with Gasteiger partial charge < -0.3 is 5.73 Å². The maximum Gasteiger partial charge on any atom is 0.186 e. The molecule has 2 heterocycles. The van der Waals surface area contributed by atoms with E-state index in [2.05, 4.69) is 9.97 Å². The van der Waals surface area contributed by atoms with Crippen molar-refractivity contribution >= 4 is 17.1 Å². The minimum Gasteiger partial charge on any atom is -0.328 e. The molecule has 0 saturated heterocycles. The second-order valence-corrected chi connectivity index (χ2v) is 8.75. The summed E-state index contributed by atoms with van der Waals surface area (Å²) >= 11 is 1.07. The number of rotatable bonds is 5. The number of carbonyl (C=O) groups excluding carboxylic acids is 1. The van der Waals surface area contributed by atoms with Gasteiger partial charge in [0.15, 0.2) is 5.78 Å². The fourth-order valence-electron chi connectivity index (χ4n) is 4.13. The van der Waals surface area contributed by atoms with Crippen molar-refractivity contribution in [2.75, 3.05) is 0 Å². The number of ketones is 1. The highest BCUT2D eigenvalue weighted by molar-refractivity contribution is 7.13. The summed E-state index contributed by atoms with van der Waals surface area (Å²) in [5, 5.41) is 1.73. The van der Waals surface area contributed by atoms with Gasteiger partial charge in [0.2, 0.25) is 0 Å². The number of hydrogen-bond acceptors (Lipinski definition) is 5. The van der Waals surface area contributed by atoms with E-state index in [1.807, 2.05) is 6.07 Å². The van der Waals surface area contributed by atoms with Crippen molar-refractivity contribution in [2.45, 2.75) is 51.0 Å². The van der Waals surface area contributed by atoms with Crippen LogP contribution in [0.5, 0.6) is 0 Å². The third-order valence-electron chi connectivity index (χ3n) is 5.73. The van der Waals surface area contributed by atoms with Crippen LogP contribution in [0.15, 0.2) is 36.0 Å². The van der Waals surface area contributed by atoms with Crippen molar-refractivity contribution < 1.29 is 13.6 Å². The highest BCUT2D eigenvalue weighted by atomic mass is 32.1. The van der Waals surface area contributed by atoms with Crippen LogP contribution in [0.2, 0.25) is 0 Å². The molecular formula is C23H23F2N3OS. The maximum absolute atomic E-state index is 14.4. The monoisotopic (exact) mass is 427 g/mol. The molecule has 0 unspecified atom stereocenters. The predicted octanol–water partition coefficient (Wildman–Crippen LogP) is 5.20. The quantitative estimate of drug-likeness (QED) is 0.568. The normalized spacial score (nSPS) is 19.1. The largest absolute Gasteiger partial charge is 0.328 e. The maximum atomic E-state index is 14.4. The standard InChI is InChI=1S/C23H23F2N3OS/c1-13-5-6-18(24)21(22(13)25)23-28-19(12-30-23)20(29)10-15-11-27-8-7-17(15)14-3-2-4-16(26)9-14/h5-8,11-12,14,16H,2-4,9-10,26H2,1H3/t14-,16+/m1/s1. The Morgan fingerprint density at radius 2 is 2.10 bits per heavy atom. The molecule has 1 aliphatic rings. The van der Waals surface area contributed by atoms with Crippen molar-refractivity contribution in [2.24, 2.45) is 5.73 Å². The summed E-state index contributed by atoms with van der Waals surface area (Å²) in [6.45, 7) is 1.57. The number of Topliss-reactive ketones (excluding diaryl/α,β-unsaturated/α-hetero) is 1. The Kier molecular flexibility index (Phi) is 6.01. The Bertz CT molecular complexity index is 1080. The molecule has 1 fully saturated rings. The van der Waals surface area contributed by atoms with Gasteiger partial charge in [0.05, 0.1) is 5.56 Å². The van der Waals surface area contributed by atoms with E-state index in [0.717, 1.165) is 48.1 Å². The molecule has 1 aromatic carbocycles. The highest BCUT2D eigenvalue weighted by Crippen LogP contribution is 2.35. The van der Waals surface area contributed by atoms with Crippen LogP contribution in [-0.2, 0) is 6.42 Å². The van der Waals surface area contributed by atoms with Crippen LogP contribution in [0.1, 0.15) is 58.8 Å². The third kappa shape index (κ3) is 4.18. The summed E-state index contributed by atoms with van der Waals surface area (Å²) in [6, 6.07) is 4.75. The summed E-state index contributed by atoms with van der Waals surface area (Å²) < 4.78 is 28.6. The zero-order valence-corrected chi connectivity index (χ0v) is 17.5. The minimum absolute atomic E-state index is 0.150. The Balaban J connectivity index is 1.58. The summed E-state index contributed by atoms with van der Waals surface area (Å²) in [7, 11) is 0. The smallest absolute Gasteiger partial charge is 0.186 e. The average Bonchev–Trinajstić information content (AvgIpc) is 3.21. The van der Waals surface area contributed by atoms with Gasteiger partial charge in [-0.15, -0.1) is 11.3 Å². The van der Waals surface area contributed by atoms with Crippen molar-refractivity contribution in [3.63, 3.8) is 0 Å². The Morgan fingerprint density at radius 3 is 2.90 bits per heavy atom. The van der Waals surface area contributed by atoms with Crippen LogP contribution in [0.4, 0.5) is 8.78 Å². The summed E-state index contributed by atoms with van der Waals surface area (Å²) in [6.07, 6.45) is 7.67. The molecule has 0 bridgehead atoms. The number of benzene rings is 1. The molecule has 4 nitrogen and oxygen atoms in total. The van der Waals surface area contributed by atoms with Gasteiger partial charge in [-0.25, -0.2) is 13.8 Å². The number of aryl methyl sites for hydroxylation is 1. The van der Waals surface area contributed by atoms with Crippen molar-refractivity contribution in [1.29, 1.82) is 0 Å². The van der Waals surface area contributed by atoms with E-state index >= 15 is 0 Å². The lowest BCUT2D eigenvalue weighted by atomic mass is 9.80. The van der Waals surface area contributed by atoms with Gasteiger partial charge in [-0.2, -0.15) is 0 Å². The minimum atomic E-state index is -0.686.